The lowest BCUT2D eigenvalue weighted by Gasteiger charge is -2.04. The van der Waals surface area contributed by atoms with Crippen molar-refractivity contribution >= 4 is 33.1 Å². The van der Waals surface area contributed by atoms with E-state index in [0.717, 1.165) is 31.8 Å². The second kappa shape index (κ2) is 8.92. The third-order valence-electron chi connectivity index (χ3n) is 4.65. The predicted octanol–water partition coefficient (Wildman–Crippen LogP) is 5.86. The molecule has 0 aliphatic carbocycles. The molecule has 0 saturated carbocycles. The van der Waals surface area contributed by atoms with Crippen molar-refractivity contribution in [1.29, 1.82) is 0 Å². The molecule has 2 N–H and O–H groups in total. The Hall–Kier alpha value is -2.52. The molecule has 0 bridgehead atoms. The average molecular weight is 471 g/mol. The number of nitrogens with two attached hydrogens (primary N) is 1. The molecule has 0 unspecified atom stereocenters. The van der Waals surface area contributed by atoms with Gasteiger partial charge in [0.05, 0.1) is 15.5 Å². The number of thioether (sulfide) groups is 1. The molecule has 0 saturated heterocycles. The standard InChI is InChI=1S/C23H19FN2O2S3/c1-15-2-4-16(5-3-15)14-29-23-26-21(17-6-10-19(24)11-7-17)22(30-23)18-8-12-20(13-9-18)31(25,27)28/h2-13H,14H2,1H3,(H2,25,27,28). The van der Waals surface area contributed by atoms with Gasteiger partial charge in [-0.15, -0.1) is 11.3 Å². The SMILES string of the molecule is Cc1ccc(CSc2nc(-c3ccc(F)cc3)c(-c3ccc(S(N)(=O)=O)cc3)s2)cc1. The van der Waals surface area contributed by atoms with E-state index in [0.29, 0.717) is 0 Å². The lowest BCUT2D eigenvalue weighted by atomic mass is 10.1. The van der Waals surface area contributed by atoms with Crippen molar-refractivity contribution < 1.29 is 12.8 Å². The number of thiazole rings is 1. The minimum atomic E-state index is -3.76. The molecular weight excluding hydrogens is 451 g/mol. The molecule has 0 aliphatic heterocycles. The fourth-order valence-electron chi connectivity index (χ4n) is 2.99. The minimum absolute atomic E-state index is 0.0538. The highest BCUT2D eigenvalue weighted by atomic mass is 32.2. The molecule has 0 atom stereocenters. The zero-order chi connectivity index (χ0) is 22.0. The van der Waals surface area contributed by atoms with Crippen molar-refractivity contribution in [3.8, 4) is 21.7 Å². The molecule has 4 nitrogen and oxygen atoms in total. The van der Waals surface area contributed by atoms with Gasteiger partial charge in [0.1, 0.15) is 5.82 Å². The summed E-state index contributed by atoms with van der Waals surface area (Å²) in [6.45, 7) is 2.06. The normalized spacial score (nSPS) is 11.6. The number of aromatic nitrogens is 1. The summed E-state index contributed by atoms with van der Waals surface area (Å²) >= 11 is 3.16. The molecule has 0 spiro atoms. The first kappa shape index (κ1) is 21.7. The van der Waals surface area contributed by atoms with Crippen molar-refractivity contribution in [2.75, 3.05) is 0 Å². The molecule has 1 aromatic heterocycles. The number of benzene rings is 3. The lowest BCUT2D eigenvalue weighted by Crippen LogP contribution is -2.11. The van der Waals surface area contributed by atoms with Gasteiger partial charge in [-0.05, 0) is 54.4 Å². The summed E-state index contributed by atoms with van der Waals surface area (Å²) in [6, 6.07) is 21.0. The van der Waals surface area contributed by atoms with E-state index in [9.17, 15) is 12.8 Å². The molecule has 4 rings (SSSR count). The average Bonchev–Trinajstić information content (AvgIpc) is 3.18. The summed E-state index contributed by atoms with van der Waals surface area (Å²) in [5, 5.41) is 5.21. The smallest absolute Gasteiger partial charge is 0.229 e. The Balaban J connectivity index is 1.70. The molecule has 3 aromatic carbocycles. The Bertz CT molecular complexity index is 1300. The van der Waals surface area contributed by atoms with Crippen LogP contribution in [0.15, 0.2) is 82.0 Å². The minimum Gasteiger partial charge on any atom is -0.229 e. The van der Waals surface area contributed by atoms with Gasteiger partial charge in [-0.3, -0.25) is 0 Å². The highest BCUT2D eigenvalue weighted by molar-refractivity contribution is 8.00. The third-order valence-corrected chi connectivity index (χ3v) is 7.90. The Morgan fingerprint density at radius 2 is 1.55 bits per heavy atom. The van der Waals surface area contributed by atoms with E-state index in [-0.39, 0.29) is 10.7 Å². The second-order valence-electron chi connectivity index (χ2n) is 7.01. The van der Waals surface area contributed by atoms with E-state index in [1.807, 2.05) is 0 Å². The van der Waals surface area contributed by atoms with Gasteiger partial charge in [-0.1, -0.05) is 53.7 Å². The summed E-state index contributed by atoms with van der Waals surface area (Å²) < 4.78 is 37.5. The maximum atomic E-state index is 13.4. The first-order chi connectivity index (χ1) is 14.8. The Morgan fingerprint density at radius 1 is 0.935 bits per heavy atom. The maximum absolute atomic E-state index is 13.4. The molecule has 0 radical (unpaired) electrons. The molecular formula is C23H19FN2O2S3. The number of sulfonamides is 1. The maximum Gasteiger partial charge on any atom is 0.238 e. The molecule has 158 valence electrons. The van der Waals surface area contributed by atoms with Crippen LogP contribution in [0.5, 0.6) is 0 Å². The molecule has 31 heavy (non-hydrogen) atoms. The number of rotatable bonds is 6. The summed E-state index contributed by atoms with van der Waals surface area (Å²) in [7, 11) is -3.76. The van der Waals surface area contributed by atoms with Gasteiger partial charge in [0.2, 0.25) is 10.0 Å². The molecule has 0 amide bonds. The van der Waals surface area contributed by atoms with Crippen LogP contribution < -0.4 is 5.14 Å². The lowest BCUT2D eigenvalue weighted by molar-refractivity contribution is 0.598. The van der Waals surface area contributed by atoms with Crippen LogP contribution in [0.3, 0.4) is 0 Å². The highest BCUT2D eigenvalue weighted by Gasteiger charge is 2.17. The molecule has 0 fully saturated rings. The topological polar surface area (TPSA) is 73.0 Å². The van der Waals surface area contributed by atoms with Gasteiger partial charge in [-0.2, -0.15) is 0 Å². The second-order valence-corrected chi connectivity index (χ2v) is 10.8. The van der Waals surface area contributed by atoms with Crippen LogP contribution in [0.4, 0.5) is 4.39 Å². The number of halogens is 1. The first-order valence-electron chi connectivity index (χ1n) is 9.38. The molecule has 8 heteroatoms. The van der Waals surface area contributed by atoms with E-state index in [2.05, 4.69) is 31.2 Å². The summed E-state index contributed by atoms with van der Waals surface area (Å²) in [6.07, 6.45) is 0. The quantitative estimate of drug-likeness (QED) is 0.358. The van der Waals surface area contributed by atoms with Crippen LogP contribution in [-0.4, -0.2) is 13.4 Å². The number of aryl methyl sites for hydroxylation is 1. The summed E-state index contributed by atoms with van der Waals surface area (Å²) in [4.78, 5) is 5.75. The van der Waals surface area contributed by atoms with Crippen LogP contribution in [0.25, 0.3) is 21.7 Å². The van der Waals surface area contributed by atoms with Crippen molar-refractivity contribution in [3.63, 3.8) is 0 Å². The Kier molecular flexibility index (Phi) is 6.24. The fourth-order valence-corrected chi connectivity index (χ4v) is 5.63. The van der Waals surface area contributed by atoms with Gasteiger partial charge in [0.25, 0.3) is 0 Å². The number of hydrogen-bond donors (Lipinski definition) is 1. The summed E-state index contributed by atoms with van der Waals surface area (Å²) in [5.41, 5.74) is 4.77. The Morgan fingerprint density at radius 3 is 2.16 bits per heavy atom. The van der Waals surface area contributed by atoms with Crippen LogP contribution in [0, 0.1) is 12.7 Å². The molecule has 1 heterocycles. The van der Waals surface area contributed by atoms with Crippen LogP contribution in [0.2, 0.25) is 0 Å². The van der Waals surface area contributed by atoms with Crippen molar-refractivity contribution in [3.05, 3.63) is 89.7 Å². The first-order valence-corrected chi connectivity index (χ1v) is 12.7. The largest absolute Gasteiger partial charge is 0.238 e. The van der Waals surface area contributed by atoms with E-state index in [4.69, 9.17) is 10.1 Å². The van der Waals surface area contributed by atoms with Crippen molar-refractivity contribution in [1.82, 2.24) is 4.98 Å². The van der Waals surface area contributed by atoms with Crippen molar-refractivity contribution in [2.45, 2.75) is 21.9 Å². The van der Waals surface area contributed by atoms with Gasteiger partial charge in [-0.25, -0.2) is 22.9 Å². The fraction of sp³-hybridized carbons (Fsp3) is 0.0870. The highest BCUT2D eigenvalue weighted by Crippen LogP contribution is 2.41. The molecule has 0 aliphatic rings. The Labute approximate surface area is 189 Å². The van der Waals surface area contributed by atoms with Gasteiger partial charge in [0, 0.05) is 11.3 Å². The summed E-state index contributed by atoms with van der Waals surface area (Å²) in [5.74, 6) is 0.465. The van der Waals surface area contributed by atoms with E-state index < -0.39 is 10.0 Å². The van der Waals surface area contributed by atoms with E-state index >= 15 is 0 Å². The number of nitrogens with zero attached hydrogens (tertiary/aromatic N) is 1. The van der Waals surface area contributed by atoms with Crippen molar-refractivity contribution in [2.24, 2.45) is 5.14 Å². The van der Waals surface area contributed by atoms with E-state index in [1.54, 1.807) is 36.0 Å². The van der Waals surface area contributed by atoms with Gasteiger partial charge < -0.3 is 0 Å². The van der Waals surface area contributed by atoms with Crippen LogP contribution >= 0.6 is 23.1 Å². The third kappa shape index (κ3) is 5.22. The molecule has 4 aromatic rings. The van der Waals surface area contributed by atoms with Gasteiger partial charge in [0.15, 0.2) is 4.34 Å². The zero-order valence-corrected chi connectivity index (χ0v) is 19.0. The predicted molar refractivity (Wildman–Crippen MR) is 125 cm³/mol. The zero-order valence-electron chi connectivity index (χ0n) is 16.6. The monoisotopic (exact) mass is 470 g/mol. The van der Waals surface area contributed by atoms with E-state index in [1.165, 1.54) is 46.7 Å². The number of primary sulfonamides is 1. The number of hydrogen-bond acceptors (Lipinski definition) is 5. The van der Waals surface area contributed by atoms with Gasteiger partial charge >= 0.3 is 0 Å². The van der Waals surface area contributed by atoms with Crippen LogP contribution in [0.1, 0.15) is 11.1 Å². The van der Waals surface area contributed by atoms with Crippen LogP contribution in [-0.2, 0) is 15.8 Å².